The van der Waals surface area contributed by atoms with Crippen molar-refractivity contribution >= 4 is 40.2 Å². The van der Waals surface area contributed by atoms with Gasteiger partial charge in [0.1, 0.15) is 5.00 Å². The van der Waals surface area contributed by atoms with Crippen molar-refractivity contribution < 1.29 is 28.7 Å². The van der Waals surface area contributed by atoms with E-state index >= 15 is 0 Å². The first-order valence-electron chi connectivity index (χ1n) is 10.6. The van der Waals surface area contributed by atoms with Gasteiger partial charge in [0.05, 0.1) is 17.7 Å². The number of rotatable bonds is 10. The van der Waals surface area contributed by atoms with E-state index in [-0.39, 0.29) is 29.8 Å². The maximum atomic E-state index is 12.3. The zero-order valence-electron chi connectivity index (χ0n) is 19.2. The van der Waals surface area contributed by atoms with E-state index in [0.29, 0.717) is 18.0 Å². The minimum atomic E-state index is -0.659. The van der Waals surface area contributed by atoms with Gasteiger partial charge in [0, 0.05) is 17.5 Å². The van der Waals surface area contributed by atoms with Crippen LogP contribution in [0.1, 0.15) is 58.9 Å². The number of aryl methyl sites for hydroxylation is 1. The maximum Gasteiger partial charge on any atom is 0.341 e. The molecule has 0 aliphatic heterocycles. The van der Waals surface area contributed by atoms with Crippen LogP contribution in [0.2, 0.25) is 0 Å². The van der Waals surface area contributed by atoms with Gasteiger partial charge in [-0.1, -0.05) is 19.1 Å². The molecule has 2 aromatic rings. The average molecular weight is 476 g/mol. The molecule has 178 valence electrons. The summed E-state index contributed by atoms with van der Waals surface area (Å²) >= 11 is 1.28. The Hall–Kier alpha value is -3.40. The number of hydrogen-bond acceptors (Lipinski definition) is 7. The van der Waals surface area contributed by atoms with Gasteiger partial charge in [-0.2, -0.15) is 0 Å². The fraction of sp³-hybridized carbons (Fsp3) is 0.391. The highest BCUT2D eigenvalue weighted by Gasteiger charge is 2.19. The molecule has 3 N–H and O–H groups in total. The molecule has 0 spiro atoms. The lowest BCUT2D eigenvalue weighted by Crippen LogP contribution is -2.39. The Balaban J connectivity index is 1.88. The number of esters is 2. The van der Waals surface area contributed by atoms with Crippen molar-refractivity contribution in [1.82, 2.24) is 10.6 Å². The summed E-state index contributed by atoms with van der Waals surface area (Å²) in [5.41, 5.74) is 1.36. The molecule has 33 heavy (non-hydrogen) atoms. The van der Waals surface area contributed by atoms with Crippen LogP contribution in [0.4, 0.5) is 9.80 Å². The fourth-order valence-corrected chi connectivity index (χ4v) is 3.70. The lowest BCUT2D eigenvalue weighted by atomic mass is 10.1. The zero-order chi connectivity index (χ0) is 24.4. The number of benzene rings is 1. The predicted octanol–water partition coefficient (Wildman–Crippen LogP) is 3.49. The minimum absolute atomic E-state index is 0.0320. The molecule has 9 nitrogen and oxygen atoms in total. The van der Waals surface area contributed by atoms with Gasteiger partial charge in [0.2, 0.25) is 0 Å². The van der Waals surface area contributed by atoms with Crippen LogP contribution in [-0.2, 0) is 27.2 Å². The van der Waals surface area contributed by atoms with Gasteiger partial charge in [0.15, 0.2) is 6.61 Å². The van der Waals surface area contributed by atoms with Gasteiger partial charge in [0.25, 0.3) is 5.91 Å². The highest BCUT2D eigenvalue weighted by Crippen LogP contribution is 2.29. The number of ether oxygens (including phenoxy) is 2. The highest BCUT2D eigenvalue weighted by atomic mass is 32.1. The summed E-state index contributed by atoms with van der Waals surface area (Å²) in [6.07, 6.45) is 0.704. The molecule has 0 bridgehead atoms. The Morgan fingerprint density at radius 1 is 1.00 bits per heavy atom. The SMILES string of the molecule is CCOC(=O)c1cc(CC)sc1NC(=O)COC(=O)c1ccc(CNC(=O)NC(C)C)cc1. The molecule has 0 saturated carbocycles. The monoisotopic (exact) mass is 475 g/mol. The van der Waals surface area contributed by atoms with Crippen molar-refractivity contribution in [1.29, 1.82) is 0 Å². The highest BCUT2D eigenvalue weighted by molar-refractivity contribution is 7.16. The van der Waals surface area contributed by atoms with E-state index < -0.39 is 24.5 Å². The number of urea groups is 1. The second-order valence-corrected chi connectivity index (χ2v) is 8.47. The normalized spacial score (nSPS) is 10.5. The number of amides is 3. The van der Waals surface area contributed by atoms with Crippen LogP contribution in [0.15, 0.2) is 30.3 Å². The molecule has 1 aromatic heterocycles. The van der Waals surface area contributed by atoms with E-state index in [1.807, 2.05) is 20.8 Å². The van der Waals surface area contributed by atoms with E-state index in [1.54, 1.807) is 37.3 Å². The van der Waals surface area contributed by atoms with Crippen LogP contribution >= 0.6 is 11.3 Å². The van der Waals surface area contributed by atoms with Crippen molar-refractivity contribution in [3.05, 3.63) is 51.9 Å². The number of thiophene rings is 1. The summed E-state index contributed by atoms with van der Waals surface area (Å²) in [6, 6.07) is 7.94. The molecule has 0 radical (unpaired) electrons. The van der Waals surface area contributed by atoms with Crippen molar-refractivity contribution in [2.45, 2.75) is 46.7 Å². The average Bonchev–Trinajstić information content (AvgIpc) is 3.19. The van der Waals surface area contributed by atoms with E-state index in [1.165, 1.54) is 11.3 Å². The van der Waals surface area contributed by atoms with Crippen LogP contribution in [-0.4, -0.2) is 43.1 Å². The van der Waals surface area contributed by atoms with E-state index in [9.17, 15) is 19.2 Å². The van der Waals surface area contributed by atoms with Crippen LogP contribution < -0.4 is 16.0 Å². The third kappa shape index (κ3) is 8.23. The largest absolute Gasteiger partial charge is 0.462 e. The molecule has 0 fully saturated rings. The first-order chi connectivity index (χ1) is 15.7. The second kappa shape index (κ2) is 12.6. The number of carbonyl (C=O) groups excluding carboxylic acids is 4. The number of carbonyl (C=O) groups is 4. The van der Waals surface area contributed by atoms with E-state index in [4.69, 9.17) is 9.47 Å². The minimum Gasteiger partial charge on any atom is -0.462 e. The van der Waals surface area contributed by atoms with Crippen LogP contribution in [0.5, 0.6) is 0 Å². The maximum absolute atomic E-state index is 12.3. The predicted molar refractivity (Wildman–Crippen MR) is 126 cm³/mol. The molecule has 0 atom stereocenters. The van der Waals surface area contributed by atoms with Gasteiger partial charge >= 0.3 is 18.0 Å². The zero-order valence-corrected chi connectivity index (χ0v) is 20.0. The lowest BCUT2D eigenvalue weighted by molar-refractivity contribution is -0.119. The number of anilines is 1. The topological polar surface area (TPSA) is 123 Å². The molecule has 0 unspecified atom stereocenters. The van der Waals surface area contributed by atoms with Gasteiger partial charge in [-0.3, -0.25) is 4.79 Å². The van der Waals surface area contributed by atoms with Crippen molar-refractivity contribution in [2.75, 3.05) is 18.5 Å². The molecule has 1 heterocycles. The molecular weight excluding hydrogens is 446 g/mol. The Bertz CT molecular complexity index is 985. The molecule has 0 saturated heterocycles. The second-order valence-electron chi connectivity index (χ2n) is 7.33. The van der Waals surface area contributed by atoms with Crippen molar-refractivity contribution in [2.24, 2.45) is 0 Å². The van der Waals surface area contributed by atoms with Gasteiger partial charge in [-0.25, -0.2) is 14.4 Å². The molecule has 2 rings (SSSR count). The summed E-state index contributed by atoms with van der Waals surface area (Å²) < 4.78 is 10.1. The van der Waals surface area contributed by atoms with Gasteiger partial charge in [-0.15, -0.1) is 11.3 Å². The summed E-state index contributed by atoms with van der Waals surface area (Å²) in [5.74, 6) is -1.74. The van der Waals surface area contributed by atoms with Gasteiger partial charge < -0.3 is 25.4 Å². The Labute approximate surface area is 196 Å². The molecule has 0 aliphatic rings. The first-order valence-corrected chi connectivity index (χ1v) is 11.4. The standard InChI is InChI=1S/C23H29N3O6S/c1-5-17-11-18(22(29)31-6-2)20(33-17)26-19(27)13-32-21(28)16-9-7-15(8-10-16)12-24-23(30)25-14(3)4/h7-11,14H,5-6,12-13H2,1-4H3,(H,26,27)(H2,24,25,30). The Morgan fingerprint density at radius 2 is 1.70 bits per heavy atom. The van der Waals surface area contributed by atoms with Gasteiger partial charge in [-0.05, 0) is 51.0 Å². The van der Waals surface area contributed by atoms with Crippen LogP contribution in [0, 0.1) is 0 Å². The third-order valence-corrected chi connectivity index (χ3v) is 5.47. The fourth-order valence-electron chi connectivity index (χ4n) is 2.70. The summed E-state index contributed by atoms with van der Waals surface area (Å²) in [4.78, 5) is 49.2. The molecular formula is C23H29N3O6S. The van der Waals surface area contributed by atoms with Crippen molar-refractivity contribution in [3.63, 3.8) is 0 Å². The van der Waals surface area contributed by atoms with Crippen LogP contribution in [0.25, 0.3) is 0 Å². The van der Waals surface area contributed by atoms with E-state index in [0.717, 1.165) is 10.4 Å². The summed E-state index contributed by atoms with van der Waals surface area (Å²) in [6.45, 7) is 7.40. The van der Waals surface area contributed by atoms with E-state index in [2.05, 4.69) is 16.0 Å². The Kier molecular flexibility index (Phi) is 9.86. The molecule has 1 aromatic carbocycles. The molecule has 10 heteroatoms. The summed E-state index contributed by atoms with van der Waals surface area (Å²) in [7, 11) is 0. The smallest absolute Gasteiger partial charge is 0.341 e. The molecule has 3 amide bonds. The van der Waals surface area contributed by atoms with Crippen molar-refractivity contribution in [3.8, 4) is 0 Å². The lowest BCUT2D eigenvalue weighted by Gasteiger charge is -2.10. The molecule has 0 aliphatic carbocycles. The number of nitrogens with one attached hydrogen (secondary N) is 3. The summed E-state index contributed by atoms with van der Waals surface area (Å²) in [5, 5.41) is 8.42. The van der Waals surface area contributed by atoms with Crippen LogP contribution in [0.3, 0.4) is 0 Å². The third-order valence-electron chi connectivity index (χ3n) is 4.28. The first kappa shape index (κ1) is 25.9. The quantitative estimate of drug-likeness (QED) is 0.452. The Morgan fingerprint density at radius 3 is 2.30 bits per heavy atom. The number of hydrogen-bond donors (Lipinski definition) is 3.